The molecule has 1 heterocycles. The molecule has 1 fully saturated rings. The fraction of sp³-hybridized carbons (Fsp3) is 0.562. The summed E-state index contributed by atoms with van der Waals surface area (Å²) >= 11 is 6.21. The molecule has 1 unspecified atom stereocenters. The maximum Gasteiger partial charge on any atom is 0.263 e. The average Bonchev–Trinajstić information content (AvgIpc) is 2.51. The normalized spacial score (nSPS) is 16.6. The topological polar surface area (TPSA) is 55.6 Å². The van der Waals surface area contributed by atoms with Crippen molar-refractivity contribution in [3.05, 3.63) is 28.8 Å². The second-order valence-corrected chi connectivity index (χ2v) is 5.82. The Bertz CT molecular complexity index is 487. The number of nitrogens with two attached hydrogens (primary N) is 1. The molecule has 116 valence electrons. The fourth-order valence-electron chi connectivity index (χ4n) is 2.64. The Morgan fingerprint density at radius 2 is 2.10 bits per heavy atom. The minimum atomic E-state index is -0.528. The number of likely N-dealkylation sites (tertiary alicyclic amines) is 1. The summed E-state index contributed by atoms with van der Waals surface area (Å²) in [7, 11) is 0. The van der Waals surface area contributed by atoms with Crippen LogP contribution in [0.4, 0.5) is 0 Å². The Morgan fingerprint density at radius 3 is 2.76 bits per heavy atom. The minimum Gasteiger partial charge on any atom is -0.479 e. The average molecular weight is 311 g/mol. The third kappa shape index (κ3) is 4.11. The maximum absolute atomic E-state index is 12.4. The van der Waals surface area contributed by atoms with Gasteiger partial charge in [0.15, 0.2) is 6.10 Å². The van der Waals surface area contributed by atoms with Gasteiger partial charge in [0.05, 0.1) is 5.02 Å². The van der Waals surface area contributed by atoms with Crippen LogP contribution in [0.5, 0.6) is 5.75 Å². The predicted molar refractivity (Wildman–Crippen MR) is 84.7 cm³/mol. The zero-order chi connectivity index (χ0) is 15.2. The van der Waals surface area contributed by atoms with Gasteiger partial charge in [-0.2, -0.15) is 0 Å². The van der Waals surface area contributed by atoms with Crippen molar-refractivity contribution in [2.45, 2.75) is 38.7 Å². The van der Waals surface area contributed by atoms with Crippen LogP contribution < -0.4 is 10.5 Å². The van der Waals surface area contributed by atoms with E-state index in [1.54, 1.807) is 13.0 Å². The lowest BCUT2D eigenvalue weighted by molar-refractivity contribution is -0.138. The van der Waals surface area contributed by atoms with Crippen LogP contribution in [-0.4, -0.2) is 36.5 Å². The molecule has 5 heteroatoms. The molecule has 1 saturated heterocycles. The SMILES string of the molecule is CC(Oc1c(Cl)cccc1CCN)C(=O)N1CCCCC1. The van der Waals surface area contributed by atoms with Gasteiger partial charge in [-0.15, -0.1) is 0 Å². The molecule has 0 saturated carbocycles. The molecule has 0 radical (unpaired) electrons. The highest BCUT2D eigenvalue weighted by Gasteiger charge is 2.24. The Kier molecular flexibility index (Phi) is 5.88. The predicted octanol–water partition coefficient (Wildman–Crippen LogP) is 2.62. The van der Waals surface area contributed by atoms with Gasteiger partial charge in [-0.25, -0.2) is 0 Å². The Hall–Kier alpha value is -1.26. The molecular formula is C16H23ClN2O2. The summed E-state index contributed by atoms with van der Waals surface area (Å²) in [5, 5.41) is 0.527. The summed E-state index contributed by atoms with van der Waals surface area (Å²) in [6.45, 7) is 3.95. The van der Waals surface area contributed by atoms with E-state index >= 15 is 0 Å². The number of para-hydroxylation sites is 1. The van der Waals surface area contributed by atoms with Crippen molar-refractivity contribution in [2.75, 3.05) is 19.6 Å². The van der Waals surface area contributed by atoms with Gasteiger partial charge in [0.25, 0.3) is 5.91 Å². The molecular weight excluding hydrogens is 288 g/mol. The van der Waals surface area contributed by atoms with Gasteiger partial charge in [-0.3, -0.25) is 4.79 Å². The number of rotatable bonds is 5. The number of halogens is 1. The smallest absolute Gasteiger partial charge is 0.263 e. The van der Waals surface area contributed by atoms with Crippen molar-refractivity contribution < 1.29 is 9.53 Å². The van der Waals surface area contributed by atoms with Crippen LogP contribution in [0.2, 0.25) is 5.02 Å². The quantitative estimate of drug-likeness (QED) is 0.909. The molecule has 0 spiro atoms. The van der Waals surface area contributed by atoms with E-state index in [0.29, 0.717) is 23.7 Å². The first-order chi connectivity index (χ1) is 10.1. The monoisotopic (exact) mass is 310 g/mol. The molecule has 0 aliphatic carbocycles. The molecule has 2 N–H and O–H groups in total. The third-order valence-electron chi connectivity index (χ3n) is 3.77. The van der Waals surface area contributed by atoms with Crippen LogP contribution in [-0.2, 0) is 11.2 Å². The van der Waals surface area contributed by atoms with Crippen LogP contribution in [0.3, 0.4) is 0 Å². The second kappa shape index (κ2) is 7.66. The molecule has 1 aliphatic heterocycles. The molecule has 1 aromatic carbocycles. The molecule has 1 aliphatic rings. The van der Waals surface area contributed by atoms with Gasteiger partial charge in [-0.1, -0.05) is 23.7 Å². The molecule has 1 aromatic rings. The van der Waals surface area contributed by atoms with E-state index in [2.05, 4.69) is 0 Å². The van der Waals surface area contributed by atoms with Gasteiger partial charge in [-0.05, 0) is 50.8 Å². The van der Waals surface area contributed by atoms with Crippen LogP contribution in [0, 0.1) is 0 Å². The van der Waals surface area contributed by atoms with Crippen molar-refractivity contribution in [2.24, 2.45) is 5.73 Å². The van der Waals surface area contributed by atoms with E-state index in [1.165, 1.54) is 6.42 Å². The number of hydrogen-bond donors (Lipinski definition) is 1. The van der Waals surface area contributed by atoms with Crippen LogP contribution in [0.25, 0.3) is 0 Å². The molecule has 21 heavy (non-hydrogen) atoms. The van der Waals surface area contributed by atoms with Gasteiger partial charge >= 0.3 is 0 Å². The minimum absolute atomic E-state index is 0.0355. The lowest BCUT2D eigenvalue weighted by Crippen LogP contribution is -2.43. The molecule has 4 nitrogen and oxygen atoms in total. The molecule has 1 atom stereocenters. The first-order valence-corrected chi connectivity index (χ1v) is 7.94. The highest BCUT2D eigenvalue weighted by Crippen LogP contribution is 2.30. The number of ether oxygens (including phenoxy) is 1. The Labute approximate surface area is 131 Å². The van der Waals surface area contributed by atoms with E-state index in [0.717, 1.165) is 31.5 Å². The largest absolute Gasteiger partial charge is 0.479 e. The summed E-state index contributed by atoms with van der Waals surface area (Å²) in [4.78, 5) is 14.3. The second-order valence-electron chi connectivity index (χ2n) is 5.41. The zero-order valence-electron chi connectivity index (χ0n) is 12.5. The highest BCUT2D eigenvalue weighted by molar-refractivity contribution is 6.32. The number of carbonyl (C=O) groups is 1. The number of benzene rings is 1. The van der Waals surface area contributed by atoms with Crippen LogP contribution >= 0.6 is 11.6 Å². The number of amides is 1. The summed E-state index contributed by atoms with van der Waals surface area (Å²) in [6.07, 6.45) is 3.50. The van der Waals surface area contributed by atoms with E-state index < -0.39 is 6.10 Å². The standard InChI is InChI=1S/C16H23ClN2O2/c1-12(16(20)19-10-3-2-4-11-19)21-15-13(8-9-18)6-5-7-14(15)17/h5-7,12H,2-4,8-11,18H2,1H3. The summed E-state index contributed by atoms with van der Waals surface area (Å²) in [5.74, 6) is 0.621. The summed E-state index contributed by atoms with van der Waals surface area (Å²) < 4.78 is 5.87. The van der Waals surface area contributed by atoms with E-state index in [-0.39, 0.29) is 5.91 Å². The maximum atomic E-state index is 12.4. The summed E-state index contributed by atoms with van der Waals surface area (Å²) in [6, 6.07) is 5.58. The van der Waals surface area contributed by atoms with Crippen molar-refractivity contribution in [1.29, 1.82) is 0 Å². The van der Waals surface area contributed by atoms with E-state index in [9.17, 15) is 4.79 Å². The van der Waals surface area contributed by atoms with Crippen LogP contribution in [0.15, 0.2) is 18.2 Å². The Morgan fingerprint density at radius 1 is 1.38 bits per heavy atom. The van der Waals surface area contributed by atoms with Crippen molar-refractivity contribution in [1.82, 2.24) is 4.90 Å². The highest BCUT2D eigenvalue weighted by atomic mass is 35.5. The molecule has 1 amide bonds. The number of piperidine rings is 1. The third-order valence-corrected chi connectivity index (χ3v) is 4.07. The van der Waals surface area contributed by atoms with E-state index in [4.69, 9.17) is 22.1 Å². The lowest BCUT2D eigenvalue weighted by Gasteiger charge is -2.29. The fourth-order valence-corrected chi connectivity index (χ4v) is 2.88. The van der Waals surface area contributed by atoms with Gasteiger partial charge in [0.1, 0.15) is 5.75 Å². The van der Waals surface area contributed by atoms with Gasteiger partial charge in [0, 0.05) is 13.1 Å². The van der Waals surface area contributed by atoms with E-state index in [1.807, 2.05) is 17.0 Å². The van der Waals surface area contributed by atoms with Crippen molar-refractivity contribution >= 4 is 17.5 Å². The first-order valence-electron chi connectivity index (χ1n) is 7.56. The summed E-state index contributed by atoms with van der Waals surface area (Å²) in [5.41, 5.74) is 6.56. The number of carbonyl (C=O) groups excluding carboxylic acids is 1. The number of hydrogen-bond acceptors (Lipinski definition) is 3. The van der Waals surface area contributed by atoms with Gasteiger partial charge in [0.2, 0.25) is 0 Å². The van der Waals surface area contributed by atoms with Crippen LogP contribution in [0.1, 0.15) is 31.7 Å². The molecule has 0 aromatic heterocycles. The number of nitrogens with zero attached hydrogens (tertiary/aromatic N) is 1. The Balaban J connectivity index is 2.07. The molecule has 0 bridgehead atoms. The van der Waals surface area contributed by atoms with Crippen molar-refractivity contribution in [3.8, 4) is 5.75 Å². The van der Waals surface area contributed by atoms with Gasteiger partial charge < -0.3 is 15.4 Å². The lowest BCUT2D eigenvalue weighted by atomic mass is 10.1. The first kappa shape index (κ1) is 16.1. The van der Waals surface area contributed by atoms with Crippen molar-refractivity contribution in [3.63, 3.8) is 0 Å². The zero-order valence-corrected chi connectivity index (χ0v) is 13.2. The molecule has 2 rings (SSSR count).